The Morgan fingerprint density at radius 1 is 1.26 bits per heavy atom. The Hall–Kier alpha value is -1.38. The van der Waals surface area contributed by atoms with Crippen molar-refractivity contribution in [2.45, 2.75) is 46.0 Å². The third-order valence-corrected chi connectivity index (χ3v) is 3.41. The fourth-order valence-electron chi connectivity index (χ4n) is 2.05. The minimum Gasteiger partial charge on any atom is -0.356 e. The minimum atomic E-state index is -0.269. The van der Waals surface area contributed by atoms with Crippen molar-refractivity contribution >= 4 is 5.91 Å². The second-order valence-corrected chi connectivity index (χ2v) is 5.02. The molecule has 1 N–H and O–H groups in total. The van der Waals surface area contributed by atoms with E-state index in [1.54, 1.807) is 12.1 Å². The third-order valence-electron chi connectivity index (χ3n) is 3.41. The molecule has 1 aromatic carbocycles. The summed E-state index contributed by atoms with van der Waals surface area (Å²) in [5.41, 5.74) is 0.848. The summed E-state index contributed by atoms with van der Waals surface area (Å²) in [5.74, 6) is 0.313. The number of hydrogen-bond donors (Lipinski definition) is 1. The molecule has 0 aliphatic heterocycles. The summed E-state index contributed by atoms with van der Waals surface area (Å²) in [7, 11) is 0. The summed E-state index contributed by atoms with van der Waals surface area (Å²) in [6, 6.07) is 6.09. The van der Waals surface area contributed by atoms with Crippen molar-refractivity contribution < 1.29 is 9.18 Å². The SMILES string of the molecule is CCCC[C@H](CC)CNC(=O)Cc1ccc(F)cc1. The van der Waals surface area contributed by atoms with E-state index in [1.165, 1.54) is 31.4 Å². The van der Waals surface area contributed by atoms with Crippen molar-refractivity contribution in [2.24, 2.45) is 5.92 Å². The van der Waals surface area contributed by atoms with Gasteiger partial charge in [0.2, 0.25) is 5.91 Å². The lowest BCUT2D eigenvalue weighted by Crippen LogP contribution is -2.30. The van der Waals surface area contributed by atoms with Crippen LogP contribution in [0.4, 0.5) is 4.39 Å². The first kappa shape index (κ1) is 15.7. The molecule has 0 unspecified atom stereocenters. The molecule has 0 radical (unpaired) electrons. The van der Waals surface area contributed by atoms with Crippen molar-refractivity contribution in [3.63, 3.8) is 0 Å². The van der Waals surface area contributed by atoms with E-state index >= 15 is 0 Å². The van der Waals surface area contributed by atoms with Crippen LogP contribution in [0.1, 0.15) is 45.1 Å². The predicted octanol–water partition coefficient (Wildman–Crippen LogP) is 3.70. The van der Waals surface area contributed by atoms with Gasteiger partial charge < -0.3 is 5.32 Å². The molecule has 0 fully saturated rings. The molecule has 3 heteroatoms. The molecule has 0 aromatic heterocycles. The van der Waals surface area contributed by atoms with Crippen LogP contribution in [0.15, 0.2) is 24.3 Å². The van der Waals surface area contributed by atoms with Gasteiger partial charge in [-0.15, -0.1) is 0 Å². The van der Waals surface area contributed by atoms with E-state index in [-0.39, 0.29) is 11.7 Å². The lowest BCUT2D eigenvalue weighted by Gasteiger charge is -2.15. The summed E-state index contributed by atoms with van der Waals surface area (Å²) in [6.07, 6.45) is 5.00. The summed E-state index contributed by atoms with van der Waals surface area (Å²) in [6.45, 7) is 5.09. The number of amides is 1. The van der Waals surface area contributed by atoms with Gasteiger partial charge in [-0.2, -0.15) is 0 Å². The van der Waals surface area contributed by atoms with Gasteiger partial charge in [0.15, 0.2) is 0 Å². The molecular formula is C16H24FNO. The molecule has 0 spiro atoms. The molecule has 0 aliphatic carbocycles. The lowest BCUT2D eigenvalue weighted by molar-refractivity contribution is -0.120. The van der Waals surface area contributed by atoms with Crippen LogP contribution in [0, 0.1) is 11.7 Å². The highest BCUT2D eigenvalue weighted by atomic mass is 19.1. The Kier molecular flexibility index (Phi) is 7.16. The maximum absolute atomic E-state index is 12.7. The normalized spacial score (nSPS) is 12.2. The summed E-state index contributed by atoms with van der Waals surface area (Å²) < 4.78 is 12.7. The van der Waals surface area contributed by atoms with Gasteiger partial charge in [-0.25, -0.2) is 4.39 Å². The molecule has 106 valence electrons. The smallest absolute Gasteiger partial charge is 0.224 e. The molecule has 0 saturated heterocycles. The molecule has 0 heterocycles. The fraction of sp³-hybridized carbons (Fsp3) is 0.562. The zero-order valence-corrected chi connectivity index (χ0v) is 11.9. The molecule has 1 rings (SSSR count). The fourth-order valence-corrected chi connectivity index (χ4v) is 2.05. The van der Waals surface area contributed by atoms with E-state index in [0.29, 0.717) is 12.3 Å². The average Bonchev–Trinajstić information content (AvgIpc) is 2.42. The number of carbonyl (C=O) groups excluding carboxylic acids is 1. The van der Waals surface area contributed by atoms with Crippen molar-refractivity contribution in [3.05, 3.63) is 35.6 Å². The molecule has 1 atom stereocenters. The number of carbonyl (C=O) groups is 1. The number of benzene rings is 1. The average molecular weight is 265 g/mol. The van der Waals surface area contributed by atoms with E-state index in [2.05, 4.69) is 19.2 Å². The molecule has 2 nitrogen and oxygen atoms in total. The van der Waals surface area contributed by atoms with Crippen LogP contribution in [0.5, 0.6) is 0 Å². The summed E-state index contributed by atoms with van der Waals surface area (Å²) in [4.78, 5) is 11.8. The molecule has 0 aliphatic rings. The summed E-state index contributed by atoms with van der Waals surface area (Å²) in [5, 5.41) is 2.97. The lowest BCUT2D eigenvalue weighted by atomic mass is 9.99. The van der Waals surface area contributed by atoms with Gasteiger partial charge in [0.25, 0.3) is 0 Å². The van der Waals surface area contributed by atoms with Crippen LogP contribution in [-0.2, 0) is 11.2 Å². The van der Waals surface area contributed by atoms with Crippen LogP contribution >= 0.6 is 0 Å². The number of unbranched alkanes of at least 4 members (excludes halogenated alkanes) is 1. The second-order valence-electron chi connectivity index (χ2n) is 5.02. The Bertz CT molecular complexity index is 375. The molecule has 0 saturated carbocycles. The molecular weight excluding hydrogens is 241 g/mol. The van der Waals surface area contributed by atoms with E-state index in [1.807, 2.05) is 0 Å². The van der Waals surface area contributed by atoms with Gasteiger partial charge in [-0.1, -0.05) is 45.2 Å². The van der Waals surface area contributed by atoms with E-state index in [4.69, 9.17) is 0 Å². The number of hydrogen-bond acceptors (Lipinski definition) is 1. The van der Waals surface area contributed by atoms with Gasteiger partial charge in [-0.3, -0.25) is 4.79 Å². The van der Waals surface area contributed by atoms with Crippen LogP contribution in [0.25, 0.3) is 0 Å². The second kappa shape index (κ2) is 8.68. The zero-order chi connectivity index (χ0) is 14.1. The zero-order valence-electron chi connectivity index (χ0n) is 11.9. The summed E-state index contributed by atoms with van der Waals surface area (Å²) >= 11 is 0. The molecule has 1 amide bonds. The van der Waals surface area contributed by atoms with Crippen LogP contribution < -0.4 is 5.32 Å². The standard InChI is InChI=1S/C16H24FNO/c1-3-5-6-13(4-2)12-18-16(19)11-14-7-9-15(17)10-8-14/h7-10,13H,3-6,11-12H2,1-2H3,(H,18,19)/t13-/m0/s1. The van der Waals surface area contributed by atoms with Gasteiger partial charge in [0.05, 0.1) is 6.42 Å². The third kappa shape index (κ3) is 6.37. The maximum Gasteiger partial charge on any atom is 0.224 e. The van der Waals surface area contributed by atoms with Crippen molar-refractivity contribution in [1.29, 1.82) is 0 Å². The van der Waals surface area contributed by atoms with Crippen molar-refractivity contribution in [1.82, 2.24) is 5.32 Å². The number of rotatable bonds is 8. The Morgan fingerprint density at radius 2 is 1.95 bits per heavy atom. The highest BCUT2D eigenvalue weighted by molar-refractivity contribution is 5.78. The minimum absolute atomic E-state index is 0.0153. The van der Waals surface area contributed by atoms with E-state index in [9.17, 15) is 9.18 Å². The van der Waals surface area contributed by atoms with Gasteiger partial charge in [0, 0.05) is 6.54 Å². The van der Waals surface area contributed by atoms with Crippen LogP contribution in [0.3, 0.4) is 0 Å². The first-order valence-corrected chi connectivity index (χ1v) is 7.16. The Labute approximate surface area is 115 Å². The predicted molar refractivity (Wildman–Crippen MR) is 76.4 cm³/mol. The number of nitrogens with one attached hydrogen (secondary N) is 1. The maximum atomic E-state index is 12.7. The van der Waals surface area contributed by atoms with Gasteiger partial charge >= 0.3 is 0 Å². The first-order chi connectivity index (χ1) is 9.15. The topological polar surface area (TPSA) is 29.1 Å². The van der Waals surface area contributed by atoms with Crippen molar-refractivity contribution in [3.8, 4) is 0 Å². The van der Waals surface area contributed by atoms with Crippen LogP contribution in [-0.4, -0.2) is 12.5 Å². The van der Waals surface area contributed by atoms with Crippen LogP contribution in [0.2, 0.25) is 0 Å². The van der Waals surface area contributed by atoms with E-state index < -0.39 is 0 Å². The Morgan fingerprint density at radius 3 is 2.53 bits per heavy atom. The highest BCUT2D eigenvalue weighted by Crippen LogP contribution is 2.11. The van der Waals surface area contributed by atoms with E-state index in [0.717, 1.165) is 18.5 Å². The molecule has 1 aromatic rings. The largest absolute Gasteiger partial charge is 0.356 e. The molecule has 19 heavy (non-hydrogen) atoms. The molecule has 0 bridgehead atoms. The number of halogens is 1. The van der Waals surface area contributed by atoms with Gasteiger partial charge in [-0.05, 0) is 30.0 Å². The van der Waals surface area contributed by atoms with Crippen molar-refractivity contribution in [2.75, 3.05) is 6.54 Å². The quantitative estimate of drug-likeness (QED) is 0.763. The monoisotopic (exact) mass is 265 g/mol. The first-order valence-electron chi connectivity index (χ1n) is 7.16. The van der Waals surface area contributed by atoms with Gasteiger partial charge in [0.1, 0.15) is 5.82 Å². The highest BCUT2D eigenvalue weighted by Gasteiger charge is 2.08. The Balaban J connectivity index is 2.32.